The molecule has 0 saturated heterocycles. The van der Waals surface area contributed by atoms with Gasteiger partial charge in [-0.05, 0) is 39.0 Å². The lowest BCUT2D eigenvalue weighted by Gasteiger charge is -2.17. The van der Waals surface area contributed by atoms with Crippen molar-refractivity contribution in [1.82, 2.24) is 15.3 Å². The van der Waals surface area contributed by atoms with Crippen LogP contribution in [0.3, 0.4) is 0 Å². The Hall–Kier alpha value is -3.61. The average Bonchev–Trinajstić information content (AvgIpc) is 2.80. The predicted molar refractivity (Wildman–Crippen MR) is 119 cm³/mol. The van der Waals surface area contributed by atoms with Gasteiger partial charge in [0.25, 0.3) is 5.91 Å². The van der Waals surface area contributed by atoms with Gasteiger partial charge in [-0.15, -0.1) is 0 Å². The minimum Gasteiger partial charge on any atom is -0.490 e. The Balaban J connectivity index is 1.78. The zero-order chi connectivity index (χ0) is 22.1. The fourth-order valence-corrected chi connectivity index (χ4v) is 3.05. The fraction of sp³-hybridized carbons (Fsp3) is 0.292. The van der Waals surface area contributed by atoms with Crippen LogP contribution < -0.4 is 19.5 Å². The second kappa shape index (κ2) is 11.0. The zero-order valence-electron chi connectivity index (χ0n) is 18.1. The lowest BCUT2D eigenvalue weighted by atomic mass is 10.1. The Morgan fingerprint density at radius 1 is 0.871 bits per heavy atom. The number of aromatic nitrogens is 2. The van der Waals surface area contributed by atoms with Crippen LogP contribution in [0.25, 0.3) is 11.3 Å². The van der Waals surface area contributed by atoms with Gasteiger partial charge in [0.05, 0.1) is 37.8 Å². The minimum atomic E-state index is -0.259. The molecule has 0 saturated carbocycles. The van der Waals surface area contributed by atoms with Crippen LogP contribution in [0.5, 0.6) is 17.2 Å². The summed E-state index contributed by atoms with van der Waals surface area (Å²) in [7, 11) is 0. The van der Waals surface area contributed by atoms with Crippen molar-refractivity contribution >= 4 is 5.91 Å². The lowest BCUT2D eigenvalue weighted by Crippen LogP contribution is -2.23. The smallest absolute Gasteiger partial charge is 0.251 e. The molecule has 1 heterocycles. The molecule has 7 nitrogen and oxygen atoms in total. The molecule has 1 aromatic heterocycles. The molecule has 3 aromatic rings. The number of carbonyl (C=O) groups is 1. The molecule has 162 valence electrons. The van der Waals surface area contributed by atoms with Gasteiger partial charge >= 0.3 is 0 Å². The fourth-order valence-electron chi connectivity index (χ4n) is 3.05. The van der Waals surface area contributed by atoms with Crippen molar-refractivity contribution < 1.29 is 19.0 Å². The van der Waals surface area contributed by atoms with E-state index < -0.39 is 0 Å². The van der Waals surface area contributed by atoms with E-state index in [9.17, 15) is 4.79 Å². The Kier molecular flexibility index (Phi) is 7.81. The molecule has 0 spiro atoms. The summed E-state index contributed by atoms with van der Waals surface area (Å²) in [6, 6.07) is 15.0. The Morgan fingerprint density at radius 2 is 1.52 bits per heavy atom. The molecule has 7 heteroatoms. The second-order valence-corrected chi connectivity index (χ2v) is 6.54. The van der Waals surface area contributed by atoms with Gasteiger partial charge in [-0.25, -0.2) is 9.97 Å². The largest absolute Gasteiger partial charge is 0.490 e. The van der Waals surface area contributed by atoms with E-state index in [2.05, 4.69) is 15.3 Å². The van der Waals surface area contributed by atoms with Crippen LogP contribution in [-0.2, 0) is 6.54 Å². The number of hydrogen-bond donors (Lipinski definition) is 1. The van der Waals surface area contributed by atoms with Gasteiger partial charge in [-0.1, -0.05) is 30.3 Å². The average molecular weight is 421 g/mol. The highest BCUT2D eigenvalue weighted by atomic mass is 16.5. The van der Waals surface area contributed by atoms with Crippen LogP contribution in [0.1, 0.15) is 36.8 Å². The highest BCUT2D eigenvalue weighted by molar-refractivity contribution is 5.95. The second-order valence-electron chi connectivity index (χ2n) is 6.54. The van der Waals surface area contributed by atoms with Gasteiger partial charge in [-0.2, -0.15) is 0 Å². The standard InChI is InChI=1S/C24H27N3O4/c1-4-29-21-12-18(13-22(30-5-2)23(21)31-6-3)24(28)25-15-19-14-20(27-16-26-19)17-10-8-7-9-11-17/h7-14,16H,4-6,15H2,1-3H3,(H,25,28). The number of benzene rings is 2. The zero-order valence-corrected chi connectivity index (χ0v) is 18.1. The first-order valence-corrected chi connectivity index (χ1v) is 10.4. The van der Waals surface area contributed by atoms with E-state index in [0.29, 0.717) is 48.3 Å². The molecule has 3 rings (SSSR count). The molecule has 0 unspecified atom stereocenters. The third-order valence-corrected chi connectivity index (χ3v) is 4.39. The molecule has 0 atom stereocenters. The number of nitrogens with zero attached hydrogens (tertiary/aromatic N) is 2. The van der Waals surface area contributed by atoms with Crippen molar-refractivity contribution in [2.45, 2.75) is 27.3 Å². The maximum atomic E-state index is 12.8. The number of amides is 1. The van der Waals surface area contributed by atoms with Gasteiger partial charge in [0, 0.05) is 11.1 Å². The van der Waals surface area contributed by atoms with Gasteiger partial charge in [0.1, 0.15) is 6.33 Å². The van der Waals surface area contributed by atoms with Crippen LogP contribution >= 0.6 is 0 Å². The monoisotopic (exact) mass is 421 g/mol. The van der Waals surface area contributed by atoms with Crippen LogP contribution in [-0.4, -0.2) is 35.7 Å². The Bertz CT molecular complexity index is 982. The summed E-state index contributed by atoms with van der Waals surface area (Å²) in [5.41, 5.74) is 2.93. The molecular weight excluding hydrogens is 394 g/mol. The molecule has 0 bridgehead atoms. The van der Waals surface area contributed by atoms with Crippen LogP contribution in [0.2, 0.25) is 0 Å². The number of carbonyl (C=O) groups excluding carboxylic acids is 1. The molecule has 1 N–H and O–H groups in total. The van der Waals surface area contributed by atoms with E-state index in [1.54, 1.807) is 12.1 Å². The number of nitrogens with one attached hydrogen (secondary N) is 1. The van der Waals surface area contributed by atoms with Gasteiger partial charge < -0.3 is 19.5 Å². The van der Waals surface area contributed by atoms with Crippen LogP contribution in [0.4, 0.5) is 0 Å². The first kappa shape index (κ1) is 22.1. The van der Waals surface area contributed by atoms with Crippen LogP contribution in [0.15, 0.2) is 54.9 Å². The minimum absolute atomic E-state index is 0.259. The summed E-state index contributed by atoms with van der Waals surface area (Å²) < 4.78 is 17.1. The SMILES string of the molecule is CCOc1cc(C(=O)NCc2cc(-c3ccccc3)ncn2)cc(OCC)c1OCC. The van der Waals surface area contributed by atoms with Gasteiger partial charge in [0.2, 0.25) is 5.75 Å². The van der Waals surface area contributed by atoms with Crippen molar-refractivity contribution in [3.05, 3.63) is 66.1 Å². The van der Waals surface area contributed by atoms with E-state index in [-0.39, 0.29) is 12.5 Å². The first-order chi connectivity index (χ1) is 15.2. The third-order valence-electron chi connectivity index (χ3n) is 4.39. The number of rotatable bonds is 10. The van der Waals surface area contributed by atoms with Crippen molar-refractivity contribution in [2.75, 3.05) is 19.8 Å². The predicted octanol–water partition coefficient (Wildman–Crippen LogP) is 4.27. The molecule has 0 fully saturated rings. The van der Waals surface area contributed by atoms with Gasteiger partial charge in [-0.3, -0.25) is 4.79 Å². The Morgan fingerprint density at radius 3 is 2.13 bits per heavy atom. The third kappa shape index (κ3) is 5.72. The molecule has 0 aliphatic carbocycles. The summed E-state index contributed by atoms with van der Waals surface area (Å²) in [6.45, 7) is 7.26. The summed E-state index contributed by atoms with van der Waals surface area (Å²) >= 11 is 0. The quantitative estimate of drug-likeness (QED) is 0.526. The van der Waals surface area contributed by atoms with E-state index in [1.165, 1.54) is 6.33 Å². The molecule has 2 aromatic carbocycles. The molecular formula is C24H27N3O4. The summed E-state index contributed by atoms with van der Waals surface area (Å²) in [6.07, 6.45) is 1.50. The topological polar surface area (TPSA) is 82.6 Å². The molecule has 0 radical (unpaired) electrons. The highest BCUT2D eigenvalue weighted by Gasteiger charge is 2.18. The first-order valence-electron chi connectivity index (χ1n) is 10.4. The molecule has 31 heavy (non-hydrogen) atoms. The number of ether oxygens (including phenoxy) is 3. The lowest BCUT2D eigenvalue weighted by molar-refractivity contribution is 0.0949. The van der Waals surface area contributed by atoms with E-state index in [1.807, 2.05) is 57.2 Å². The van der Waals surface area contributed by atoms with Crippen LogP contribution in [0, 0.1) is 0 Å². The van der Waals surface area contributed by atoms with E-state index in [4.69, 9.17) is 14.2 Å². The molecule has 1 amide bonds. The summed E-state index contributed by atoms with van der Waals surface area (Å²) in [5.74, 6) is 1.21. The molecule has 0 aliphatic rings. The Labute approximate surface area is 182 Å². The summed E-state index contributed by atoms with van der Waals surface area (Å²) in [4.78, 5) is 21.4. The number of hydrogen-bond acceptors (Lipinski definition) is 6. The van der Waals surface area contributed by atoms with E-state index >= 15 is 0 Å². The highest BCUT2D eigenvalue weighted by Crippen LogP contribution is 2.39. The van der Waals surface area contributed by atoms with Crippen molar-refractivity contribution in [3.8, 4) is 28.5 Å². The van der Waals surface area contributed by atoms with Crippen molar-refractivity contribution in [2.24, 2.45) is 0 Å². The molecule has 0 aliphatic heterocycles. The normalized spacial score (nSPS) is 10.4. The maximum absolute atomic E-state index is 12.8. The maximum Gasteiger partial charge on any atom is 0.251 e. The van der Waals surface area contributed by atoms with E-state index in [0.717, 1.165) is 11.3 Å². The summed E-state index contributed by atoms with van der Waals surface area (Å²) in [5, 5.41) is 2.90. The van der Waals surface area contributed by atoms with Crippen molar-refractivity contribution in [1.29, 1.82) is 0 Å². The van der Waals surface area contributed by atoms with Gasteiger partial charge in [0.15, 0.2) is 11.5 Å². The van der Waals surface area contributed by atoms with Crippen molar-refractivity contribution in [3.63, 3.8) is 0 Å².